The van der Waals surface area contributed by atoms with Gasteiger partial charge in [0.05, 0.1) is 10.5 Å². The Morgan fingerprint density at radius 3 is 2.67 bits per heavy atom. The second kappa shape index (κ2) is 8.62. The van der Waals surface area contributed by atoms with Crippen molar-refractivity contribution < 1.29 is 4.79 Å². The summed E-state index contributed by atoms with van der Waals surface area (Å²) in [6, 6.07) is 11.6. The van der Waals surface area contributed by atoms with Crippen LogP contribution in [0.4, 0.5) is 5.82 Å². The fourth-order valence-corrected chi connectivity index (χ4v) is 4.36. The first-order chi connectivity index (χ1) is 14.5. The number of hydrogen-bond donors (Lipinski definition) is 0. The monoisotopic (exact) mass is 440 g/mol. The van der Waals surface area contributed by atoms with E-state index in [9.17, 15) is 4.79 Å². The van der Waals surface area contributed by atoms with Crippen molar-refractivity contribution in [3.05, 3.63) is 65.4 Å². The lowest BCUT2D eigenvalue weighted by Crippen LogP contribution is -2.55. The maximum atomic E-state index is 12.2. The molecule has 0 bridgehead atoms. The van der Waals surface area contributed by atoms with Gasteiger partial charge in [-0.15, -0.1) is 0 Å². The van der Waals surface area contributed by atoms with Gasteiger partial charge in [0, 0.05) is 41.6 Å². The molecule has 2 heterocycles. The van der Waals surface area contributed by atoms with Gasteiger partial charge in [0.15, 0.2) is 0 Å². The van der Waals surface area contributed by atoms with Crippen LogP contribution in [0.1, 0.15) is 13.3 Å². The number of amides is 1. The van der Waals surface area contributed by atoms with Crippen LogP contribution >= 0.6 is 23.2 Å². The molecule has 1 aromatic heterocycles. The Balaban J connectivity index is 1.74. The highest BCUT2D eigenvalue weighted by Gasteiger charge is 2.29. The summed E-state index contributed by atoms with van der Waals surface area (Å²) in [5, 5.41) is 2.24. The van der Waals surface area contributed by atoms with Crippen molar-refractivity contribution >= 4 is 45.8 Å². The topological polar surface area (TPSA) is 49.3 Å². The number of nitrogens with zero attached hydrogens (tertiary/aromatic N) is 4. The molecule has 2 aromatic carbocycles. The third-order valence-electron chi connectivity index (χ3n) is 5.57. The van der Waals surface area contributed by atoms with Crippen LogP contribution in [0.25, 0.3) is 22.0 Å². The molecule has 1 saturated heterocycles. The molecule has 7 heteroatoms. The Hall–Kier alpha value is -2.63. The van der Waals surface area contributed by atoms with E-state index in [0.717, 1.165) is 34.3 Å². The summed E-state index contributed by atoms with van der Waals surface area (Å²) in [6.45, 7) is 7.76. The normalized spacial score (nSPS) is 16.7. The van der Waals surface area contributed by atoms with E-state index in [1.807, 2.05) is 41.3 Å². The molecule has 1 aliphatic heterocycles. The van der Waals surface area contributed by atoms with E-state index in [1.165, 1.54) is 6.08 Å². The molecule has 1 aliphatic rings. The highest BCUT2D eigenvalue weighted by molar-refractivity contribution is 6.34. The Bertz CT molecular complexity index is 1100. The van der Waals surface area contributed by atoms with Crippen molar-refractivity contribution in [3.63, 3.8) is 0 Å². The molecule has 3 aromatic rings. The summed E-state index contributed by atoms with van der Waals surface area (Å²) in [7, 11) is 0. The van der Waals surface area contributed by atoms with Gasteiger partial charge in [-0.2, -0.15) is 0 Å². The van der Waals surface area contributed by atoms with Crippen LogP contribution in [0, 0.1) is 0 Å². The first kappa shape index (κ1) is 20.6. The lowest BCUT2D eigenvalue weighted by molar-refractivity contribution is -0.128. The van der Waals surface area contributed by atoms with Crippen molar-refractivity contribution in [2.75, 3.05) is 24.5 Å². The molecule has 0 unspecified atom stereocenters. The third kappa shape index (κ3) is 3.87. The van der Waals surface area contributed by atoms with E-state index in [0.29, 0.717) is 29.7 Å². The predicted molar refractivity (Wildman–Crippen MR) is 123 cm³/mol. The summed E-state index contributed by atoms with van der Waals surface area (Å²) in [4.78, 5) is 25.3. The molecular formula is C23H22Cl2N4O. The first-order valence-corrected chi connectivity index (χ1v) is 10.7. The predicted octanol–water partition coefficient (Wildman–Crippen LogP) is 5.22. The minimum absolute atomic E-state index is 0.0224. The van der Waals surface area contributed by atoms with Gasteiger partial charge in [0.25, 0.3) is 0 Å². The van der Waals surface area contributed by atoms with Crippen molar-refractivity contribution in [3.8, 4) is 11.1 Å². The molecule has 0 spiro atoms. The molecule has 0 aliphatic carbocycles. The number of rotatable bonds is 4. The van der Waals surface area contributed by atoms with Gasteiger partial charge in [-0.25, -0.2) is 9.97 Å². The summed E-state index contributed by atoms with van der Waals surface area (Å²) < 4.78 is 0. The van der Waals surface area contributed by atoms with E-state index in [1.54, 1.807) is 6.33 Å². The minimum Gasteiger partial charge on any atom is -0.352 e. The second-order valence-corrected chi connectivity index (χ2v) is 8.14. The van der Waals surface area contributed by atoms with E-state index in [-0.39, 0.29) is 11.9 Å². The SMILES string of the molecule is C=CC(=O)N1CCN(c2ncnc3cc(Cl)c(-c4ccc(Cl)cc4)cc23)C[C@H]1CC. The number of carbonyl (C=O) groups excluding carboxylic acids is 1. The summed E-state index contributed by atoms with van der Waals surface area (Å²) in [5.41, 5.74) is 2.68. The smallest absolute Gasteiger partial charge is 0.246 e. The van der Waals surface area contributed by atoms with Gasteiger partial charge in [-0.1, -0.05) is 48.8 Å². The lowest BCUT2D eigenvalue weighted by atomic mass is 10.0. The Morgan fingerprint density at radius 2 is 1.97 bits per heavy atom. The van der Waals surface area contributed by atoms with Crippen LogP contribution in [0.15, 0.2) is 55.4 Å². The number of halogens is 2. The third-order valence-corrected chi connectivity index (χ3v) is 6.13. The Labute approximate surface area is 185 Å². The van der Waals surface area contributed by atoms with Gasteiger partial charge in [0.2, 0.25) is 5.91 Å². The van der Waals surface area contributed by atoms with Gasteiger partial charge in [-0.3, -0.25) is 4.79 Å². The van der Waals surface area contributed by atoms with Crippen LogP contribution in [0.2, 0.25) is 10.0 Å². The zero-order valence-corrected chi connectivity index (χ0v) is 18.2. The fourth-order valence-electron chi connectivity index (χ4n) is 3.97. The molecule has 30 heavy (non-hydrogen) atoms. The standard InChI is InChI=1S/C23H22Cl2N4O/c1-3-17-13-28(9-10-29(17)22(30)4-2)23-19-11-18(15-5-7-16(24)8-6-15)20(25)12-21(19)26-14-27-23/h4-8,11-12,14,17H,2-3,9-10,13H2,1H3/t17-/m1/s1. The molecule has 1 fully saturated rings. The maximum absolute atomic E-state index is 12.2. The van der Waals surface area contributed by atoms with Crippen LogP contribution in [0.5, 0.6) is 0 Å². The minimum atomic E-state index is -0.0224. The molecule has 0 radical (unpaired) electrons. The highest BCUT2D eigenvalue weighted by Crippen LogP contribution is 2.35. The molecular weight excluding hydrogens is 419 g/mol. The van der Waals surface area contributed by atoms with Crippen molar-refractivity contribution in [2.45, 2.75) is 19.4 Å². The van der Waals surface area contributed by atoms with Crippen LogP contribution in [0.3, 0.4) is 0 Å². The number of carbonyl (C=O) groups is 1. The van der Waals surface area contributed by atoms with Crippen LogP contribution < -0.4 is 4.90 Å². The van der Waals surface area contributed by atoms with E-state index in [2.05, 4.69) is 28.4 Å². The zero-order valence-electron chi connectivity index (χ0n) is 16.7. The fraction of sp³-hybridized carbons (Fsp3) is 0.261. The van der Waals surface area contributed by atoms with Crippen LogP contribution in [-0.4, -0.2) is 46.5 Å². The molecule has 0 saturated carbocycles. The number of piperazine rings is 1. The quantitative estimate of drug-likeness (QED) is 0.521. The van der Waals surface area contributed by atoms with Crippen LogP contribution in [-0.2, 0) is 4.79 Å². The molecule has 1 amide bonds. The molecule has 4 rings (SSSR count). The Morgan fingerprint density at radius 1 is 1.20 bits per heavy atom. The number of aromatic nitrogens is 2. The highest BCUT2D eigenvalue weighted by atomic mass is 35.5. The summed E-state index contributed by atoms with van der Waals surface area (Å²) >= 11 is 12.6. The molecule has 0 N–H and O–H groups in total. The average Bonchev–Trinajstić information content (AvgIpc) is 2.78. The van der Waals surface area contributed by atoms with E-state index >= 15 is 0 Å². The zero-order chi connectivity index (χ0) is 21.3. The second-order valence-electron chi connectivity index (χ2n) is 7.30. The Kier molecular flexibility index (Phi) is 5.93. The van der Waals surface area contributed by atoms with Gasteiger partial charge >= 0.3 is 0 Å². The first-order valence-electron chi connectivity index (χ1n) is 9.90. The summed E-state index contributed by atoms with van der Waals surface area (Å²) in [5.74, 6) is 0.835. The molecule has 5 nitrogen and oxygen atoms in total. The van der Waals surface area contributed by atoms with Gasteiger partial charge in [0.1, 0.15) is 12.1 Å². The molecule has 1 atom stereocenters. The summed E-state index contributed by atoms with van der Waals surface area (Å²) in [6.07, 6.45) is 3.82. The number of benzene rings is 2. The number of hydrogen-bond acceptors (Lipinski definition) is 4. The van der Waals surface area contributed by atoms with Crippen molar-refractivity contribution in [1.82, 2.24) is 14.9 Å². The number of anilines is 1. The van der Waals surface area contributed by atoms with Gasteiger partial charge < -0.3 is 9.80 Å². The molecule has 154 valence electrons. The van der Waals surface area contributed by atoms with E-state index < -0.39 is 0 Å². The maximum Gasteiger partial charge on any atom is 0.246 e. The van der Waals surface area contributed by atoms with E-state index in [4.69, 9.17) is 23.2 Å². The lowest BCUT2D eigenvalue weighted by Gasteiger charge is -2.41. The number of fused-ring (bicyclic) bond motifs is 1. The average molecular weight is 441 g/mol. The van der Waals surface area contributed by atoms with Crippen molar-refractivity contribution in [2.24, 2.45) is 0 Å². The van der Waals surface area contributed by atoms with Crippen molar-refractivity contribution in [1.29, 1.82) is 0 Å². The largest absolute Gasteiger partial charge is 0.352 e. The van der Waals surface area contributed by atoms with Gasteiger partial charge in [-0.05, 0) is 42.3 Å².